The predicted octanol–water partition coefficient (Wildman–Crippen LogP) is 4.31. The van der Waals surface area contributed by atoms with E-state index in [2.05, 4.69) is 40.4 Å². The van der Waals surface area contributed by atoms with Crippen LogP contribution in [0.3, 0.4) is 0 Å². The Hall–Kier alpha value is -1.02. The minimum Gasteiger partial charge on any atom is -0.408 e. The molecule has 1 N–H and O–H groups in total. The number of aliphatic hydroxyl groups excluding tert-OH is 1. The summed E-state index contributed by atoms with van der Waals surface area (Å²) in [4.78, 5) is 0. The second-order valence-electron chi connectivity index (χ2n) is 9.27. The molecule has 1 fully saturated rings. The maximum atomic E-state index is 11.0. The normalized spacial score (nSPS) is 28.3. The molecule has 1 heterocycles. The first-order valence-electron chi connectivity index (χ1n) is 10.4. The zero-order chi connectivity index (χ0) is 21.7. The maximum absolute atomic E-state index is 11.0. The molecule has 0 aliphatic carbocycles. The van der Waals surface area contributed by atoms with Crippen LogP contribution in [0, 0.1) is 0 Å². The molecule has 5 unspecified atom stereocenters. The van der Waals surface area contributed by atoms with Gasteiger partial charge in [-0.2, -0.15) is 0 Å². The second kappa shape index (κ2) is 10.3. The van der Waals surface area contributed by atoms with Crippen molar-refractivity contribution in [1.82, 2.24) is 0 Å². The third-order valence-corrected chi connectivity index (χ3v) is 10.5. The first-order valence-corrected chi connectivity index (χ1v) is 13.3. The minimum absolute atomic E-state index is 0.0244. The van der Waals surface area contributed by atoms with Crippen LogP contribution in [0.4, 0.5) is 0 Å². The first kappa shape index (κ1) is 24.2. The van der Waals surface area contributed by atoms with E-state index in [1.54, 1.807) is 13.2 Å². The van der Waals surface area contributed by atoms with E-state index in [-0.39, 0.29) is 17.2 Å². The molecule has 1 aliphatic heterocycles. The van der Waals surface area contributed by atoms with Crippen LogP contribution in [0.2, 0.25) is 18.1 Å². The van der Waals surface area contributed by atoms with Crippen molar-refractivity contribution in [2.75, 3.05) is 13.7 Å². The van der Waals surface area contributed by atoms with Crippen molar-refractivity contribution in [3.8, 4) is 0 Å². The van der Waals surface area contributed by atoms with Crippen LogP contribution in [0.25, 0.3) is 0 Å². The largest absolute Gasteiger partial charge is 0.408 e. The number of rotatable bonds is 9. The molecule has 29 heavy (non-hydrogen) atoms. The van der Waals surface area contributed by atoms with Gasteiger partial charge in [-0.05, 0) is 30.1 Å². The number of benzene rings is 1. The highest BCUT2D eigenvalue weighted by Gasteiger charge is 2.50. The lowest BCUT2D eigenvalue weighted by molar-refractivity contribution is -0.235. The molecule has 1 aromatic rings. The maximum Gasteiger partial charge on any atom is 0.192 e. The third kappa shape index (κ3) is 6.23. The molecule has 0 amide bonds. The molecule has 1 saturated heterocycles. The van der Waals surface area contributed by atoms with Crippen LogP contribution < -0.4 is 0 Å². The van der Waals surface area contributed by atoms with E-state index in [1.807, 2.05) is 30.3 Å². The Morgan fingerprint density at radius 2 is 1.79 bits per heavy atom. The molecule has 0 radical (unpaired) electrons. The highest BCUT2D eigenvalue weighted by Crippen LogP contribution is 2.40. The molecule has 1 aromatic carbocycles. The summed E-state index contributed by atoms with van der Waals surface area (Å²) in [6.07, 6.45) is -0.0552. The highest BCUT2D eigenvalue weighted by atomic mass is 28.4. The van der Waals surface area contributed by atoms with Crippen molar-refractivity contribution in [1.29, 1.82) is 0 Å². The molecule has 164 valence electrons. The van der Waals surface area contributed by atoms with Crippen molar-refractivity contribution >= 4 is 8.32 Å². The summed E-state index contributed by atoms with van der Waals surface area (Å²) in [7, 11) is -0.481. The van der Waals surface area contributed by atoms with Crippen LogP contribution in [0.1, 0.15) is 32.8 Å². The van der Waals surface area contributed by atoms with Gasteiger partial charge in [-0.15, -0.1) is 6.58 Å². The molecular formula is C23H38O5Si. The van der Waals surface area contributed by atoms with E-state index in [1.165, 1.54) is 0 Å². The summed E-state index contributed by atoms with van der Waals surface area (Å²) < 4.78 is 24.5. The summed E-state index contributed by atoms with van der Waals surface area (Å²) >= 11 is 0. The quantitative estimate of drug-likeness (QED) is 0.475. The summed E-state index contributed by atoms with van der Waals surface area (Å²) in [6, 6.07) is 10.0. The van der Waals surface area contributed by atoms with E-state index in [4.69, 9.17) is 18.6 Å². The van der Waals surface area contributed by atoms with Crippen molar-refractivity contribution in [3.63, 3.8) is 0 Å². The van der Waals surface area contributed by atoms with Gasteiger partial charge in [0.1, 0.15) is 24.4 Å². The van der Waals surface area contributed by atoms with E-state index in [9.17, 15) is 5.11 Å². The molecule has 0 saturated carbocycles. The van der Waals surface area contributed by atoms with Crippen LogP contribution in [-0.4, -0.2) is 57.7 Å². The Bertz CT molecular complexity index is 628. The van der Waals surface area contributed by atoms with E-state index in [0.717, 1.165) is 5.56 Å². The average molecular weight is 423 g/mol. The van der Waals surface area contributed by atoms with Gasteiger partial charge in [0.05, 0.1) is 19.3 Å². The molecule has 0 bridgehead atoms. The highest BCUT2D eigenvalue weighted by molar-refractivity contribution is 6.74. The second-order valence-corrected chi connectivity index (χ2v) is 14.0. The predicted molar refractivity (Wildman–Crippen MR) is 118 cm³/mol. The molecule has 5 nitrogen and oxygen atoms in total. The molecule has 5 atom stereocenters. The average Bonchev–Trinajstić information content (AvgIpc) is 2.65. The number of methoxy groups -OCH3 is 1. The fraction of sp³-hybridized carbons (Fsp3) is 0.652. The van der Waals surface area contributed by atoms with Crippen LogP contribution >= 0.6 is 0 Å². The fourth-order valence-electron chi connectivity index (χ4n) is 3.30. The third-order valence-electron chi connectivity index (χ3n) is 6.06. The number of aliphatic hydroxyl groups is 1. The summed E-state index contributed by atoms with van der Waals surface area (Å²) in [5.41, 5.74) is 1.11. The van der Waals surface area contributed by atoms with Gasteiger partial charge in [0.25, 0.3) is 0 Å². The molecule has 0 aromatic heterocycles. The topological polar surface area (TPSA) is 57.2 Å². The number of hydrogen-bond donors (Lipinski definition) is 1. The zero-order valence-corrected chi connectivity index (χ0v) is 19.8. The summed E-state index contributed by atoms with van der Waals surface area (Å²) in [5.74, 6) is 0. The fourth-order valence-corrected chi connectivity index (χ4v) is 4.61. The van der Waals surface area contributed by atoms with Crippen LogP contribution in [0.15, 0.2) is 43.0 Å². The van der Waals surface area contributed by atoms with Crippen molar-refractivity contribution < 1.29 is 23.7 Å². The Labute approximate surface area is 177 Å². The van der Waals surface area contributed by atoms with E-state index in [0.29, 0.717) is 19.6 Å². The smallest absolute Gasteiger partial charge is 0.192 e. The van der Waals surface area contributed by atoms with Gasteiger partial charge < -0.3 is 23.7 Å². The SMILES string of the molecule is C=CCC1OC(COCc2ccccc2)C(OC)C(O[Si](C)(C)C(C)(C)C)C1O. The van der Waals surface area contributed by atoms with Gasteiger partial charge in [-0.3, -0.25) is 0 Å². The Balaban J connectivity index is 2.15. The minimum atomic E-state index is -2.12. The molecule has 0 spiro atoms. The van der Waals surface area contributed by atoms with Crippen molar-refractivity contribution in [3.05, 3.63) is 48.6 Å². The standard InChI is InChI=1S/C23H38O5Si/c1-8-12-18-20(24)22(28-29(6,7)23(2,3)4)21(25-5)19(27-18)16-26-15-17-13-10-9-11-14-17/h8-11,13-14,18-22,24H,1,12,15-16H2,2-7H3. The van der Waals surface area contributed by atoms with Gasteiger partial charge in [0, 0.05) is 7.11 Å². The van der Waals surface area contributed by atoms with E-state index >= 15 is 0 Å². The summed E-state index contributed by atoms with van der Waals surface area (Å²) in [6.45, 7) is 15.6. The molecule has 6 heteroatoms. The number of hydrogen-bond acceptors (Lipinski definition) is 5. The van der Waals surface area contributed by atoms with Gasteiger partial charge in [0.15, 0.2) is 8.32 Å². The van der Waals surface area contributed by atoms with Gasteiger partial charge in [-0.25, -0.2) is 0 Å². The van der Waals surface area contributed by atoms with Crippen LogP contribution in [0.5, 0.6) is 0 Å². The van der Waals surface area contributed by atoms with Gasteiger partial charge in [0.2, 0.25) is 0 Å². The first-order chi connectivity index (χ1) is 13.6. The lowest BCUT2D eigenvalue weighted by Gasteiger charge is -2.48. The zero-order valence-electron chi connectivity index (χ0n) is 18.8. The molecular weight excluding hydrogens is 384 g/mol. The van der Waals surface area contributed by atoms with Crippen LogP contribution in [-0.2, 0) is 25.2 Å². The number of ether oxygens (including phenoxy) is 3. The van der Waals surface area contributed by atoms with E-state index < -0.39 is 26.6 Å². The monoisotopic (exact) mass is 422 g/mol. The molecule has 2 rings (SSSR count). The van der Waals surface area contributed by atoms with Crippen molar-refractivity contribution in [2.45, 2.75) is 82.5 Å². The van der Waals surface area contributed by atoms with Gasteiger partial charge >= 0.3 is 0 Å². The van der Waals surface area contributed by atoms with Gasteiger partial charge in [-0.1, -0.05) is 57.2 Å². The molecule has 1 aliphatic rings. The lowest BCUT2D eigenvalue weighted by atomic mass is 9.93. The Morgan fingerprint density at radius 1 is 1.14 bits per heavy atom. The van der Waals surface area contributed by atoms with Crippen molar-refractivity contribution in [2.24, 2.45) is 0 Å². The Kier molecular flexibility index (Phi) is 8.64. The lowest BCUT2D eigenvalue weighted by Crippen LogP contribution is -2.63. The Morgan fingerprint density at radius 3 is 2.34 bits per heavy atom. The summed E-state index contributed by atoms with van der Waals surface area (Å²) in [5, 5.41) is 11.0.